The summed E-state index contributed by atoms with van der Waals surface area (Å²) in [4.78, 5) is 18.7. The Bertz CT molecular complexity index is 308. The second kappa shape index (κ2) is 7.87. The van der Waals surface area contributed by atoms with Crippen LogP contribution in [0.2, 0.25) is 0 Å². The third kappa shape index (κ3) is 5.52. The summed E-state index contributed by atoms with van der Waals surface area (Å²) in [6.45, 7) is 4.89. The topological polar surface area (TPSA) is 57.8 Å². The number of imidazole rings is 1. The molecule has 2 N–H and O–H groups in total. The van der Waals surface area contributed by atoms with Crippen LogP contribution in [0.4, 0.5) is 0 Å². The standard InChI is InChI=1S/C13H23N3O/c1-3-4-6-11(2)13(17)15-8-5-7-12-9-14-10-16-12/h9-11H,3-8H2,1-2H3,(H,14,16)(H,15,17). The van der Waals surface area contributed by atoms with E-state index < -0.39 is 0 Å². The highest BCUT2D eigenvalue weighted by atomic mass is 16.1. The van der Waals surface area contributed by atoms with E-state index in [1.807, 2.05) is 13.1 Å². The normalized spacial score (nSPS) is 12.4. The first-order chi connectivity index (χ1) is 8.24. The first-order valence-corrected chi connectivity index (χ1v) is 6.49. The number of aryl methyl sites for hydroxylation is 1. The number of H-pyrrole nitrogens is 1. The van der Waals surface area contributed by atoms with Crippen molar-refractivity contribution in [1.82, 2.24) is 15.3 Å². The molecule has 0 aromatic carbocycles. The molecule has 4 nitrogen and oxygen atoms in total. The maximum absolute atomic E-state index is 11.7. The van der Waals surface area contributed by atoms with Gasteiger partial charge in [0.15, 0.2) is 0 Å². The summed E-state index contributed by atoms with van der Waals surface area (Å²) < 4.78 is 0. The van der Waals surface area contributed by atoms with Gasteiger partial charge in [-0.3, -0.25) is 4.79 Å². The number of nitrogens with zero attached hydrogens (tertiary/aromatic N) is 1. The second-order valence-electron chi connectivity index (χ2n) is 4.51. The Morgan fingerprint density at radius 1 is 1.53 bits per heavy atom. The summed E-state index contributed by atoms with van der Waals surface area (Å²) in [7, 11) is 0. The van der Waals surface area contributed by atoms with Gasteiger partial charge < -0.3 is 10.3 Å². The summed E-state index contributed by atoms with van der Waals surface area (Å²) >= 11 is 0. The first kappa shape index (κ1) is 13.7. The van der Waals surface area contributed by atoms with Gasteiger partial charge in [-0.1, -0.05) is 26.7 Å². The number of hydrogen-bond donors (Lipinski definition) is 2. The Labute approximate surface area is 103 Å². The molecule has 0 aliphatic heterocycles. The molecule has 0 saturated heterocycles. The van der Waals surface area contributed by atoms with Crippen LogP contribution in [0.3, 0.4) is 0 Å². The van der Waals surface area contributed by atoms with Crippen LogP contribution in [0.1, 0.15) is 45.2 Å². The van der Waals surface area contributed by atoms with E-state index in [0.29, 0.717) is 0 Å². The van der Waals surface area contributed by atoms with Crippen LogP contribution in [0.15, 0.2) is 12.5 Å². The van der Waals surface area contributed by atoms with E-state index >= 15 is 0 Å². The van der Waals surface area contributed by atoms with Crippen molar-refractivity contribution in [3.63, 3.8) is 0 Å². The Hall–Kier alpha value is -1.32. The fourth-order valence-corrected chi connectivity index (χ4v) is 1.73. The molecule has 1 rings (SSSR count). The predicted molar refractivity (Wildman–Crippen MR) is 68.6 cm³/mol. The van der Waals surface area contributed by atoms with E-state index in [1.165, 1.54) is 0 Å². The van der Waals surface area contributed by atoms with Crippen molar-refractivity contribution < 1.29 is 4.79 Å². The van der Waals surface area contributed by atoms with Gasteiger partial charge in [0, 0.05) is 24.4 Å². The van der Waals surface area contributed by atoms with E-state index in [0.717, 1.165) is 44.3 Å². The first-order valence-electron chi connectivity index (χ1n) is 6.49. The van der Waals surface area contributed by atoms with Crippen LogP contribution < -0.4 is 5.32 Å². The summed E-state index contributed by atoms with van der Waals surface area (Å²) in [5, 5.41) is 2.98. The van der Waals surface area contributed by atoms with Crippen LogP contribution in [-0.2, 0) is 11.2 Å². The van der Waals surface area contributed by atoms with E-state index in [2.05, 4.69) is 22.2 Å². The highest BCUT2D eigenvalue weighted by Gasteiger charge is 2.10. The number of unbranched alkanes of at least 4 members (excludes halogenated alkanes) is 1. The molecule has 1 unspecified atom stereocenters. The summed E-state index contributed by atoms with van der Waals surface area (Å²) in [5.74, 6) is 0.324. The fraction of sp³-hybridized carbons (Fsp3) is 0.692. The van der Waals surface area contributed by atoms with Crippen molar-refractivity contribution in [1.29, 1.82) is 0 Å². The third-order valence-electron chi connectivity index (χ3n) is 2.92. The molecule has 1 atom stereocenters. The lowest BCUT2D eigenvalue weighted by Crippen LogP contribution is -2.30. The van der Waals surface area contributed by atoms with Gasteiger partial charge in [-0.2, -0.15) is 0 Å². The van der Waals surface area contributed by atoms with Gasteiger partial charge in [-0.25, -0.2) is 4.98 Å². The smallest absolute Gasteiger partial charge is 0.222 e. The summed E-state index contributed by atoms with van der Waals surface area (Å²) in [6.07, 6.45) is 8.66. The van der Waals surface area contributed by atoms with E-state index in [-0.39, 0.29) is 11.8 Å². The molecule has 17 heavy (non-hydrogen) atoms. The summed E-state index contributed by atoms with van der Waals surface area (Å²) in [5.41, 5.74) is 1.12. The molecule has 0 aliphatic rings. The molecule has 0 fully saturated rings. The Morgan fingerprint density at radius 3 is 3.00 bits per heavy atom. The molecule has 1 amide bonds. The van der Waals surface area contributed by atoms with Crippen molar-refractivity contribution >= 4 is 5.91 Å². The molecule has 1 heterocycles. The maximum Gasteiger partial charge on any atom is 0.222 e. The van der Waals surface area contributed by atoms with Crippen LogP contribution in [-0.4, -0.2) is 22.4 Å². The van der Waals surface area contributed by atoms with Gasteiger partial charge in [0.2, 0.25) is 5.91 Å². The van der Waals surface area contributed by atoms with Crippen LogP contribution >= 0.6 is 0 Å². The molecule has 0 saturated carbocycles. The number of aromatic amines is 1. The Balaban J connectivity index is 2.07. The van der Waals surface area contributed by atoms with Crippen molar-refractivity contribution in [3.8, 4) is 0 Å². The lowest BCUT2D eigenvalue weighted by Gasteiger charge is -2.11. The number of carbonyl (C=O) groups excluding carboxylic acids is 1. The number of carbonyl (C=O) groups is 1. The molecular formula is C13H23N3O. The zero-order chi connectivity index (χ0) is 12.5. The van der Waals surface area contributed by atoms with Gasteiger partial charge in [0.05, 0.1) is 6.33 Å². The molecule has 1 aromatic rings. The Kier molecular flexibility index (Phi) is 6.37. The SMILES string of the molecule is CCCCC(C)C(=O)NCCCc1cnc[nH]1. The van der Waals surface area contributed by atoms with E-state index in [9.17, 15) is 4.79 Å². The lowest BCUT2D eigenvalue weighted by molar-refractivity contribution is -0.124. The molecule has 0 spiro atoms. The largest absolute Gasteiger partial charge is 0.356 e. The number of nitrogens with one attached hydrogen (secondary N) is 2. The highest BCUT2D eigenvalue weighted by Crippen LogP contribution is 2.07. The second-order valence-corrected chi connectivity index (χ2v) is 4.51. The predicted octanol–water partition coefficient (Wildman–Crippen LogP) is 2.28. The van der Waals surface area contributed by atoms with Gasteiger partial charge >= 0.3 is 0 Å². The fourth-order valence-electron chi connectivity index (χ4n) is 1.73. The van der Waals surface area contributed by atoms with Gasteiger partial charge in [-0.05, 0) is 19.3 Å². The minimum absolute atomic E-state index is 0.141. The molecule has 1 aromatic heterocycles. The van der Waals surface area contributed by atoms with Gasteiger partial charge in [-0.15, -0.1) is 0 Å². The Morgan fingerprint density at radius 2 is 2.35 bits per heavy atom. The maximum atomic E-state index is 11.7. The molecule has 0 bridgehead atoms. The van der Waals surface area contributed by atoms with Crippen molar-refractivity contribution in [2.24, 2.45) is 5.92 Å². The van der Waals surface area contributed by atoms with Gasteiger partial charge in [0.1, 0.15) is 0 Å². The monoisotopic (exact) mass is 237 g/mol. The van der Waals surface area contributed by atoms with Crippen molar-refractivity contribution in [2.75, 3.05) is 6.54 Å². The number of aromatic nitrogens is 2. The minimum atomic E-state index is 0.141. The molecule has 0 aliphatic carbocycles. The van der Waals surface area contributed by atoms with Crippen LogP contribution in [0.25, 0.3) is 0 Å². The summed E-state index contributed by atoms with van der Waals surface area (Å²) in [6, 6.07) is 0. The van der Waals surface area contributed by atoms with E-state index in [4.69, 9.17) is 0 Å². The molecular weight excluding hydrogens is 214 g/mol. The zero-order valence-electron chi connectivity index (χ0n) is 10.8. The number of hydrogen-bond acceptors (Lipinski definition) is 2. The van der Waals surface area contributed by atoms with E-state index in [1.54, 1.807) is 6.33 Å². The van der Waals surface area contributed by atoms with Crippen molar-refractivity contribution in [2.45, 2.75) is 46.0 Å². The van der Waals surface area contributed by atoms with Crippen LogP contribution in [0, 0.1) is 5.92 Å². The third-order valence-corrected chi connectivity index (χ3v) is 2.92. The lowest BCUT2D eigenvalue weighted by atomic mass is 10.0. The average Bonchev–Trinajstić information content (AvgIpc) is 2.84. The zero-order valence-corrected chi connectivity index (χ0v) is 10.8. The number of rotatable bonds is 8. The average molecular weight is 237 g/mol. The van der Waals surface area contributed by atoms with Gasteiger partial charge in [0.25, 0.3) is 0 Å². The highest BCUT2D eigenvalue weighted by molar-refractivity contribution is 5.78. The quantitative estimate of drug-likeness (QED) is 0.681. The van der Waals surface area contributed by atoms with Crippen LogP contribution in [0.5, 0.6) is 0 Å². The molecule has 96 valence electrons. The molecule has 0 radical (unpaired) electrons. The number of amides is 1. The minimum Gasteiger partial charge on any atom is -0.356 e. The van der Waals surface area contributed by atoms with Crippen molar-refractivity contribution in [3.05, 3.63) is 18.2 Å². The molecule has 4 heteroatoms.